The predicted octanol–water partition coefficient (Wildman–Crippen LogP) is -0.615. The molecule has 0 spiro atoms. The van der Waals surface area contributed by atoms with E-state index in [1.807, 2.05) is 6.92 Å². The third kappa shape index (κ3) is 0.998. The average Bonchev–Trinajstić information content (AvgIpc) is 2.32. The first-order chi connectivity index (χ1) is 4.73. The fourth-order valence-corrected chi connectivity index (χ4v) is 1.12. The van der Waals surface area contributed by atoms with Gasteiger partial charge in [-0.2, -0.15) is 0 Å². The Morgan fingerprint density at radius 2 is 2.60 bits per heavy atom. The summed E-state index contributed by atoms with van der Waals surface area (Å²) in [6.45, 7) is 3.98. The molecule has 1 rings (SSSR count). The van der Waals surface area contributed by atoms with Crippen molar-refractivity contribution in [2.75, 3.05) is 19.6 Å². The molecule has 1 heterocycles. The number of nitrogens with one attached hydrogen (secondary N) is 1. The first-order valence-electron chi connectivity index (χ1n) is 3.35. The molecular weight excluding hydrogens is 130 g/mol. The van der Waals surface area contributed by atoms with Crippen LogP contribution >= 0.6 is 0 Å². The van der Waals surface area contributed by atoms with Gasteiger partial charge in [-0.05, 0) is 0 Å². The van der Waals surface area contributed by atoms with Crippen LogP contribution in [0, 0.1) is 5.41 Å². The largest absolute Gasteiger partial charge is 0.411 e. The summed E-state index contributed by atoms with van der Waals surface area (Å²) in [5, 5.41) is 14.8. The zero-order valence-corrected chi connectivity index (χ0v) is 6.09. The lowest BCUT2D eigenvalue weighted by Gasteiger charge is -2.19. The summed E-state index contributed by atoms with van der Waals surface area (Å²) in [6.07, 6.45) is 0. The summed E-state index contributed by atoms with van der Waals surface area (Å²) < 4.78 is 0. The summed E-state index contributed by atoms with van der Waals surface area (Å²) in [6, 6.07) is 0. The Morgan fingerprint density at radius 3 is 3.00 bits per heavy atom. The van der Waals surface area contributed by atoms with Crippen LogP contribution in [0.1, 0.15) is 6.92 Å². The molecule has 1 unspecified atom stereocenters. The number of oxime groups is 1. The van der Waals surface area contributed by atoms with E-state index in [1.165, 1.54) is 0 Å². The van der Waals surface area contributed by atoms with Crippen molar-refractivity contribution >= 4 is 5.71 Å². The van der Waals surface area contributed by atoms with Gasteiger partial charge in [-0.15, -0.1) is 0 Å². The molecule has 1 fully saturated rings. The number of nitrogens with zero attached hydrogens (tertiary/aromatic N) is 1. The Kier molecular flexibility index (Phi) is 1.92. The smallest absolute Gasteiger partial charge is 0.0792 e. The summed E-state index contributed by atoms with van der Waals surface area (Å²) in [4.78, 5) is 0. The van der Waals surface area contributed by atoms with E-state index < -0.39 is 0 Å². The van der Waals surface area contributed by atoms with Crippen molar-refractivity contribution in [3.05, 3.63) is 0 Å². The van der Waals surface area contributed by atoms with Gasteiger partial charge in [0, 0.05) is 25.0 Å². The fraction of sp³-hybridized carbons (Fsp3) is 0.833. The van der Waals surface area contributed by atoms with Gasteiger partial charge >= 0.3 is 0 Å². The fourth-order valence-electron chi connectivity index (χ4n) is 1.12. The highest BCUT2D eigenvalue weighted by molar-refractivity contribution is 5.93. The molecule has 1 aliphatic rings. The number of nitrogens with two attached hydrogens (primary N) is 1. The van der Waals surface area contributed by atoms with Crippen molar-refractivity contribution < 1.29 is 5.21 Å². The summed E-state index contributed by atoms with van der Waals surface area (Å²) in [7, 11) is 0. The zero-order valence-electron chi connectivity index (χ0n) is 6.09. The van der Waals surface area contributed by atoms with Gasteiger partial charge in [-0.3, -0.25) is 0 Å². The maximum Gasteiger partial charge on any atom is 0.0792 e. The van der Waals surface area contributed by atoms with Crippen molar-refractivity contribution in [2.45, 2.75) is 6.92 Å². The second kappa shape index (κ2) is 2.56. The Labute approximate surface area is 60.1 Å². The number of hydrogen-bond acceptors (Lipinski definition) is 4. The lowest BCUT2D eigenvalue weighted by Crippen LogP contribution is -2.35. The third-order valence-corrected chi connectivity index (χ3v) is 2.08. The quantitative estimate of drug-likeness (QED) is 0.338. The Morgan fingerprint density at radius 1 is 1.90 bits per heavy atom. The molecule has 0 aromatic carbocycles. The molecular formula is C6H13N3O. The summed E-state index contributed by atoms with van der Waals surface area (Å²) in [5.74, 6) is 0. The van der Waals surface area contributed by atoms with Crippen LogP contribution in [0.5, 0.6) is 0 Å². The molecule has 0 saturated carbocycles. The highest BCUT2D eigenvalue weighted by Gasteiger charge is 2.34. The minimum atomic E-state index is -0.130. The molecule has 10 heavy (non-hydrogen) atoms. The second-order valence-electron chi connectivity index (χ2n) is 2.92. The second-order valence-corrected chi connectivity index (χ2v) is 2.92. The van der Waals surface area contributed by atoms with E-state index in [-0.39, 0.29) is 5.41 Å². The lowest BCUT2D eigenvalue weighted by atomic mass is 9.88. The monoisotopic (exact) mass is 143 g/mol. The van der Waals surface area contributed by atoms with Crippen molar-refractivity contribution in [2.24, 2.45) is 16.3 Å². The molecule has 4 heteroatoms. The predicted molar refractivity (Wildman–Crippen MR) is 39.3 cm³/mol. The van der Waals surface area contributed by atoms with Crippen LogP contribution in [0.4, 0.5) is 0 Å². The molecule has 1 saturated heterocycles. The minimum absolute atomic E-state index is 0.130. The maximum absolute atomic E-state index is 8.53. The first-order valence-corrected chi connectivity index (χ1v) is 3.35. The van der Waals surface area contributed by atoms with Gasteiger partial charge in [0.2, 0.25) is 0 Å². The Balaban J connectivity index is 2.75. The van der Waals surface area contributed by atoms with Crippen LogP contribution < -0.4 is 11.1 Å². The van der Waals surface area contributed by atoms with Gasteiger partial charge in [0.05, 0.1) is 5.71 Å². The molecule has 4 N–H and O–H groups in total. The van der Waals surface area contributed by atoms with Crippen LogP contribution in [0.2, 0.25) is 0 Å². The lowest BCUT2D eigenvalue weighted by molar-refractivity contribution is 0.310. The van der Waals surface area contributed by atoms with Crippen molar-refractivity contribution in [3.63, 3.8) is 0 Å². The van der Waals surface area contributed by atoms with Crippen molar-refractivity contribution in [3.8, 4) is 0 Å². The summed E-state index contributed by atoms with van der Waals surface area (Å²) >= 11 is 0. The molecule has 0 aromatic heterocycles. The van der Waals surface area contributed by atoms with Crippen LogP contribution in [0.25, 0.3) is 0 Å². The average molecular weight is 143 g/mol. The standard InChI is InChI=1S/C6H13N3O/c1-6(3-7)4-8-2-5(6)9-10/h8,10H,2-4,7H2,1H3. The normalized spacial score (nSPS) is 37.2. The molecule has 1 atom stereocenters. The Bertz CT molecular complexity index is 157. The van der Waals surface area contributed by atoms with E-state index in [2.05, 4.69) is 10.5 Å². The topological polar surface area (TPSA) is 70.6 Å². The maximum atomic E-state index is 8.53. The molecule has 0 aliphatic carbocycles. The van der Waals surface area contributed by atoms with E-state index in [1.54, 1.807) is 0 Å². The molecule has 0 aromatic rings. The SMILES string of the molecule is CC1(CN)CNCC1=NO. The van der Waals surface area contributed by atoms with Gasteiger partial charge < -0.3 is 16.3 Å². The van der Waals surface area contributed by atoms with E-state index in [4.69, 9.17) is 10.9 Å². The first kappa shape index (κ1) is 7.50. The van der Waals surface area contributed by atoms with E-state index in [0.29, 0.717) is 13.1 Å². The summed E-state index contributed by atoms with van der Waals surface area (Å²) in [5.41, 5.74) is 6.13. The van der Waals surface area contributed by atoms with Gasteiger partial charge in [0.1, 0.15) is 0 Å². The zero-order chi connectivity index (χ0) is 7.61. The van der Waals surface area contributed by atoms with Crippen molar-refractivity contribution in [1.29, 1.82) is 0 Å². The van der Waals surface area contributed by atoms with E-state index >= 15 is 0 Å². The number of rotatable bonds is 1. The molecule has 4 nitrogen and oxygen atoms in total. The molecule has 0 amide bonds. The van der Waals surface area contributed by atoms with Gasteiger partial charge in [0.25, 0.3) is 0 Å². The van der Waals surface area contributed by atoms with Gasteiger partial charge in [0.15, 0.2) is 0 Å². The van der Waals surface area contributed by atoms with E-state index in [9.17, 15) is 0 Å². The van der Waals surface area contributed by atoms with E-state index in [0.717, 1.165) is 12.3 Å². The highest BCUT2D eigenvalue weighted by atomic mass is 16.4. The van der Waals surface area contributed by atoms with Crippen LogP contribution in [0.15, 0.2) is 5.16 Å². The van der Waals surface area contributed by atoms with Crippen LogP contribution in [0.3, 0.4) is 0 Å². The molecule has 58 valence electrons. The molecule has 0 radical (unpaired) electrons. The third-order valence-electron chi connectivity index (χ3n) is 2.08. The van der Waals surface area contributed by atoms with Crippen molar-refractivity contribution in [1.82, 2.24) is 5.32 Å². The molecule has 0 bridgehead atoms. The van der Waals surface area contributed by atoms with Crippen LogP contribution in [-0.2, 0) is 0 Å². The van der Waals surface area contributed by atoms with Gasteiger partial charge in [-0.25, -0.2) is 0 Å². The molecule has 1 aliphatic heterocycles. The highest BCUT2D eigenvalue weighted by Crippen LogP contribution is 2.19. The van der Waals surface area contributed by atoms with Crippen LogP contribution in [-0.4, -0.2) is 30.6 Å². The van der Waals surface area contributed by atoms with Gasteiger partial charge in [-0.1, -0.05) is 12.1 Å². The Hall–Kier alpha value is -0.610. The minimum Gasteiger partial charge on any atom is -0.411 e. The number of hydrogen-bond donors (Lipinski definition) is 3.